The molecule has 0 spiro atoms. The maximum absolute atomic E-state index is 4.35. The number of pyridine rings is 1. The number of hydrogen-bond donors (Lipinski definition) is 1. The van der Waals surface area contributed by atoms with Gasteiger partial charge in [0.1, 0.15) is 0 Å². The van der Waals surface area contributed by atoms with Crippen LogP contribution in [-0.4, -0.2) is 11.0 Å². The Morgan fingerprint density at radius 2 is 2.21 bits per heavy atom. The fourth-order valence-corrected chi connectivity index (χ4v) is 2.11. The molecule has 0 bridgehead atoms. The zero-order chi connectivity index (χ0) is 9.97. The molecular weight excluding hydrogens is 172 g/mol. The highest BCUT2D eigenvalue weighted by Gasteiger charge is 2.26. The van der Waals surface area contributed by atoms with E-state index in [1.165, 1.54) is 12.8 Å². The SMILES string of the molecule is CC1CC(N[C@H](C)c2ccccn2)C1. The van der Waals surface area contributed by atoms with Crippen molar-refractivity contribution in [3.8, 4) is 0 Å². The third kappa shape index (κ3) is 2.13. The molecule has 0 amide bonds. The molecule has 1 aromatic rings. The second-order valence-electron chi connectivity index (χ2n) is 4.42. The summed E-state index contributed by atoms with van der Waals surface area (Å²) in [6, 6.07) is 7.18. The quantitative estimate of drug-likeness (QED) is 0.792. The van der Waals surface area contributed by atoms with Gasteiger partial charge in [-0.05, 0) is 37.8 Å². The molecule has 0 radical (unpaired) electrons. The van der Waals surface area contributed by atoms with E-state index >= 15 is 0 Å². The van der Waals surface area contributed by atoms with Crippen molar-refractivity contribution >= 4 is 0 Å². The molecule has 76 valence electrons. The van der Waals surface area contributed by atoms with E-state index in [0.717, 1.165) is 11.6 Å². The lowest BCUT2D eigenvalue weighted by atomic mass is 9.81. The van der Waals surface area contributed by atoms with Gasteiger partial charge in [0.25, 0.3) is 0 Å². The zero-order valence-electron chi connectivity index (χ0n) is 8.90. The molecule has 1 heterocycles. The van der Waals surface area contributed by atoms with Crippen LogP contribution < -0.4 is 5.32 Å². The van der Waals surface area contributed by atoms with Gasteiger partial charge in [0.15, 0.2) is 0 Å². The molecule has 0 unspecified atom stereocenters. The second kappa shape index (κ2) is 4.09. The summed E-state index contributed by atoms with van der Waals surface area (Å²) in [5.74, 6) is 0.906. The third-order valence-corrected chi connectivity index (χ3v) is 2.99. The van der Waals surface area contributed by atoms with Gasteiger partial charge in [-0.3, -0.25) is 4.98 Å². The van der Waals surface area contributed by atoms with E-state index in [9.17, 15) is 0 Å². The molecule has 1 N–H and O–H groups in total. The number of aromatic nitrogens is 1. The van der Waals surface area contributed by atoms with Gasteiger partial charge in [-0.25, -0.2) is 0 Å². The van der Waals surface area contributed by atoms with E-state index < -0.39 is 0 Å². The van der Waals surface area contributed by atoms with E-state index in [1.807, 2.05) is 18.3 Å². The lowest BCUT2D eigenvalue weighted by molar-refractivity contribution is 0.225. The highest BCUT2D eigenvalue weighted by molar-refractivity contribution is 5.08. The van der Waals surface area contributed by atoms with Gasteiger partial charge in [0.05, 0.1) is 5.69 Å². The molecule has 0 aromatic carbocycles. The maximum atomic E-state index is 4.35. The Morgan fingerprint density at radius 1 is 1.43 bits per heavy atom. The molecule has 1 aromatic heterocycles. The summed E-state index contributed by atoms with van der Waals surface area (Å²) in [6.07, 6.45) is 4.49. The topological polar surface area (TPSA) is 24.9 Å². The Kier molecular flexibility index (Phi) is 2.82. The smallest absolute Gasteiger partial charge is 0.0570 e. The first-order chi connectivity index (χ1) is 6.75. The fourth-order valence-electron chi connectivity index (χ4n) is 2.11. The first kappa shape index (κ1) is 9.66. The molecule has 1 atom stereocenters. The average molecular weight is 190 g/mol. The summed E-state index contributed by atoms with van der Waals surface area (Å²) >= 11 is 0. The Morgan fingerprint density at radius 3 is 2.79 bits per heavy atom. The van der Waals surface area contributed by atoms with Gasteiger partial charge in [-0.15, -0.1) is 0 Å². The average Bonchev–Trinajstić information content (AvgIpc) is 2.17. The van der Waals surface area contributed by atoms with E-state index in [-0.39, 0.29) is 0 Å². The van der Waals surface area contributed by atoms with Crippen LogP contribution >= 0.6 is 0 Å². The van der Waals surface area contributed by atoms with Gasteiger partial charge >= 0.3 is 0 Å². The normalized spacial score (nSPS) is 28.1. The van der Waals surface area contributed by atoms with Crippen LogP contribution in [0.3, 0.4) is 0 Å². The van der Waals surface area contributed by atoms with Gasteiger partial charge in [0.2, 0.25) is 0 Å². The van der Waals surface area contributed by atoms with Gasteiger partial charge in [0, 0.05) is 18.3 Å². The molecule has 1 aliphatic carbocycles. The molecule has 1 aliphatic rings. The van der Waals surface area contributed by atoms with Crippen LogP contribution in [-0.2, 0) is 0 Å². The summed E-state index contributed by atoms with van der Waals surface area (Å²) in [5.41, 5.74) is 1.15. The van der Waals surface area contributed by atoms with Crippen molar-refractivity contribution in [2.75, 3.05) is 0 Å². The van der Waals surface area contributed by atoms with Gasteiger partial charge in [-0.1, -0.05) is 13.0 Å². The van der Waals surface area contributed by atoms with Crippen molar-refractivity contribution in [3.05, 3.63) is 30.1 Å². The van der Waals surface area contributed by atoms with E-state index in [0.29, 0.717) is 12.1 Å². The lowest BCUT2D eigenvalue weighted by Crippen LogP contribution is -2.41. The fraction of sp³-hybridized carbons (Fsp3) is 0.583. The van der Waals surface area contributed by atoms with Crippen LogP contribution in [0.1, 0.15) is 38.4 Å². The van der Waals surface area contributed by atoms with E-state index in [4.69, 9.17) is 0 Å². The van der Waals surface area contributed by atoms with Crippen molar-refractivity contribution in [3.63, 3.8) is 0 Å². The molecule has 1 saturated carbocycles. The number of rotatable bonds is 3. The Bertz CT molecular complexity index is 278. The summed E-state index contributed by atoms with van der Waals surface area (Å²) in [5, 5.41) is 3.60. The summed E-state index contributed by atoms with van der Waals surface area (Å²) in [6.45, 7) is 4.49. The molecule has 14 heavy (non-hydrogen) atoms. The Hall–Kier alpha value is -0.890. The Balaban J connectivity index is 1.87. The molecule has 1 fully saturated rings. The number of hydrogen-bond acceptors (Lipinski definition) is 2. The third-order valence-electron chi connectivity index (χ3n) is 2.99. The lowest BCUT2D eigenvalue weighted by Gasteiger charge is -2.35. The van der Waals surface area contributed by atoms with Crippen LogP contribution in [0.15, 0.2) is 24.4 Å². The predicted molar refractivity (Wildman–Crippen MR) is 58.0 cm³/mol. The molecule has 2 rings (SSSR count). The van der Waals surface area contributed by atoms with E-state index in [2.05, 4.69) is 30.2 Å². The van der Waals surface area contributed by atoms with Crippen molar-refractivity contribution in [1.82, 2.24) is 10.3 Å². The van der Waals surface area contributed by atoms with Gasteiger partial charge in [-0.2, -0.15) is 0 Å². The highest BCUT2D eigenvalue weighted by atomic mass is 15.0. The maximum Gasteiger partial charge on any atom is 0.0570 e. The highest BCUT2D eigenvalue weighted by Crippen LogP contribution is 2.28. The second-order valence-corrected chi connectivity index (χ2v) is 4.42. The molecule has 0 aliphatic heterocycles. The first-order valence-corrected chi connectivity index (χ1v) is 5.42. The molecular formula is C12H18N2. The number of nitrogens with zero attached hydrogens (tertiary/aromatic N) is 1. The largest absolute Gasteiger partial charge is 0.306 e. The monoisotopic (exact) mass is 190 g/mol. The molecule has 2 nitrogen and oxygen atoms in total. The van der Waals surface area contributed by atoms with Crippen LogP contribution in [0.25, 0.3) is 0 Å². The molecule has 2 heteroatoms. The van der Waals surface area contributed by atoms with E-state index in [1.54, 1.807) is 0 Å². The predicted octanol–water partition coefficient (Wildman–Crippen LogP) is 2.53. The first-order valence-electron chi connectivity index (χ1n) is 5.42. The van der Waals surface area contributed by atoms with Crippen LogP contribution in [0.5, 0.6) is 0 Å². The summed E-state index contributed by atoms with van der Waals surface area (Å²) in [7, 11) is 0. The minimum atomic E-state index is 0.383. The van der Waals surface area contributed by atoms with Gasteiger partial charge < -0.3 is 5.32 Å². The van der Waals surface area contributed by atoms with Crippen molar-refractivity contribution in [2.45, 2.75) is 38.8 Å². The van der Waals surface area contributed by atoms with Crippen molar-refractivity contribution < 1.29 is 0 Å². The standard InChI is InChI=1S/C12H18N2/c1-9-7-11(8-9)14-10(2)12-5-3-4-6-13-12/h3-6,9-11,14H,7-8H2,1-2H3/t9?,10-,11?/m1/s1. The van der Waals surface area contributed by atoms with Crippen LogP contribution in [0, 0.1) is 5.92 Å². The van der Waals surface area contributed by atoms with Crippen molar-refractivity contribution in [2.24, 2.45) is 5.92 Å². The Labute approximate surface area is 85.7 Å². The minimum Gasteiger partial charge on any atom is -0.306 e. The van der Waals surface area contributed by atoms with Crippen LogP contribution in [0.2, 0.25) is 0 Å². The minimum absolute atomic E-state index is 0.383. The summed E-state index contributed by atoms with van der Waals surface area (Å²) in [4.78, 5) is 4.35. The summed E-state index contributed by atoms with van der Waals surface area (Å²) < 4.78 is 0. The van der Waals surface area contributed by atoms with Crippen molar-refractivity contribution in [1.29, 1.82) is 0 Å². The zero-order valence-corrected chi connectivity index (χ0v) is 8.90. The van der Waals surface area contributed by atoms with Crippen LogP contribution in [0.4, 0.5) is 0 Å². The number of nitrogens with one attached hydrogen (secondary N) is 1. The molecule has 0 saturated heterocycles.